The Morgan fingerprint density at radius 3 is 3.20 bits per heavy atom. The Bertz CT molecular complexity index is 223. The summed E-state index contributed by atoms with van der Waals surface area (Å²) >= 11 is 0. The van der Waals surface area contributed by atoms with E-state index in [9.17, 15) is 0 Å². The third-order valence-electron chi connectivity index (χ3n) is 2.48. The average molecular weight is 148 g/mol. The van der Waals surface area contributed by atoms with Gasteiger partial charge in [-0.3, -0.25) is 0 Å². The number of hydrogen-bond acceptors (Lipinski definition) is 0. The zero-order valence-electron chi connectivity index (χ0n) is 6.14. The van der Waals surface area contributed by atoms with E-state index in [1.807, 2.05) is 0 Å². The number of allylic oxidation sites excluding steroid dienone is 4. The molecule has 1 atom stereocenters. The van der Waals surface area contributed by atoms with Crippen molar-refractivity contribution in [3.63, 3.8) is 0 Å². The summed E-state index contributed by atoms with van der Waals surface area (Å²) in [6, 6.07) is 0. The van der Waals surface area contributed by atoms with Crippen molar-refractivity contribution in [3.8, 4) is 0 Å². The first-order chi connectivity index (χ1) is 4.88. The average Bonchev–Trinajstić information content (AvgIpc) is 2.34. The number of hydrogen-bond donors (Lipinski definition) is 0. The summed E-state index contributed by atoms with van der Waals surface area (Å²) < 4.78 is 0. The van der Waals surface area contributed by atoms with E-state index in [0.717, 1.165) is 5.92 Å². The van der Waals surface area contributed by atoms with E-state index < -0.39 is 0 Å². The molecular formula is C9H12Si. The van der Waals surface area contributed by atoms with E-state index in [0.29, 0.717) is 0 Å². The predicted octanol–water partition coefficient (Wildman–Crippen LogP) is 1.09. The Kier molecular flexibility index (Phi) is 1.45. The third-order valence-corrected chi connectivity index (χ3v) is 3.24. The second-order valence-corrected chi connectivity index (χ2v) is 3.98. The minimum absolute atomic E-state index is 0.887. The molecule has 1 saturated carbocycles. The summed E-state index contributed by atoms with van der Waals surface area (Å²) in [4.78, 5) is 0. The molecule has 0 spiro atoms. The summed E-state index contributed by atoms with van der Waals surface area (Å²) in [5, 5.41) is 1.65. The number of rotatable bonds is 0. The minimum Gasteiger partial charge on any atom is -0.0839 e. The fourth-order valence-corrected chi connectivity index (χ4v) is 2.46. The highest BCUT2D eigenvalue weighted by molar-refractivity contribution is 6.44. The molecule has 52 valence electrons. The normalized spacial score (nSPS) is 30.2. The standard InChI is InChI=1S/C9H12Si/c10-9-6-5-7-3-1-2-4-8(7)9/h1-2,4,7H,3,5-6,10H2. The van der Waals surface area contributed by atoms with Crippen molar-refractivity contribution in [1.29, 1.82) is 0 Å². The first-order valence-corrected chi connectivity index (χ1v) is 4.63. The van der Waals surface area contributed by atoms with E-state index in [1.165, 1.54) is 19.3 Å². The Morgan fingerprint density at radius 1 is 1.50 bits per heavy atom. The van der Waals surface area contributed by atoms with Crippen LogP contribution in [0.3, 0.4) is 0 Å². The van der Waals surface area contributed by atoms with Gasteiger partial charge in [-0.05, 0) is 40.6 Å². The van der Waals surface area contributed by atoms with E-state index in [-0.39, 0.29) is 0 Å². The zero-order valence-corrected chi connectivity index (χ0v) is 7.55. The van der Waals surface area contributed by atoms with Gasteiger partial charge in [0.1, 0.15) is 0 Å². The monoisotopic (exact) mass is 148 g/mol. The largest absolute Gasteiger partial charge is 0.0839 e. The van der Waals surface area contributed by atoms with Crippen LogP contribution in [0.25, 0.3) is 0 Å². The van der Waals surface area contributed by atoms with Crippen molar-refractivity contribution < 1.29 is 0 Å². The van der Waals surface area contributed by atoms with E-state index in [1.54, 1.807) is 10.7 Å². The van der Waals surface area contributed by atoms with Crippen molar-refractivity contribution in [1.82, 2.24) is 0 Å². The molecule has 0 heterocycles. The molecular weight excluding hydrogens is 136 g/mol. The summed E-state index contributed by atoms with van der Waals surface area (Å²) in [5.74, 6) is 0.887. The van der Waals surface area contributed by atoms with Crippen LogP contribution in [0.1, 0.15) is 19.3 Å². The summed E-state index contributed by atoms with van der Waals surface area (Å²) in [5.41, 5.74) is 1.64. The van der Waals surface area contributed by atoms with Crippen LogP contribution in [0.2, 0.25) is 0 Å². The lowest BCUT2D eigenvalue weighted by Gasteiger charge is -2.11. The summed E-state index contributed by atoms with van der Waals surface area (Å²) in [6.45, 7) is 0. The highest BCUT2D eigenvalue weighted by Crippen LogP contribution is 2.32. The quantitative estimate of drug-likeness (QED) is 0.451. The van der Waals surface area contributed by atoms with Crippen LogP contribution >= 0.6 is 0 Å². The number of fused-ring (bicyclic) bond motifs is 1. The maximum absolute atomic E-state index is 2.30. The SMILES string of the molecule is [SiH2]=C1CCC2CC=CC=C12. The van der Waals surface area contributed by atoms with Crippen molar-refractivity contribution in [3.05, 3.63) is 23.8 Å². The van der Waals surface area contributed by atoms with Gasteiger partial charge in [0.15, 0.2) is 0 Å². The van der Waals surface area contributed by atoms with Crippen LogP contribution in [-0.4, -0.2) is 15.0 Å². The van der Waals surface area contributed by atoms with E-state index >= 15 is 0 Å². The molecule has 1 fully saturated rings. The molecule has 2 rings (SSSR count). The van der Waals surface area contributed by atoms with Gasteiger partial charge in [-0.25, -0.2) is 0 Å². The molecule has 2 aliphatic rings. The van der Waals surface area contributed by atoms with Gasteiger partial charge in [0.05, 0.1) is 0 Å². The molecule has 0 aliphatic heterocycles. The topological polar surface area (TPSA) is 0 Å². The Morgan fingerprint density at radius 2 is 2.40 bits per heavy atom. The first-order valence-electron chi connectivity index (χ1n) is 3.93. The molecule has 0 N–H and O–H groups in total. The fraction of sp³-hybridized carbons (Fsp3) is 0.444. The molecule has 0 aromatic heterocycles. The molecule has 10 heavy (non-hydrogen) atoms. The fourth-order valence-electron chi connectivity index (χ4n) is 1.85. The van der Waals surface area contributed by atoms with Gasteiger partial charge in [0.2, 0.25) is 0 Å². The van der Waals surface area contributed by atoms with Crippen molar-refractivity contribution in [2.45, 2.75) is 19.3 Å². The molecule has 1 unspecified atom stereocenters. The Hall–Kier alpha value is -0.433. The maximum atomic E-state index is 2.30. The minimum atomic E-state index is 0.887. The van der Waals surface area contributed by atoms with Crippen LogP contribution in [-0.2, 0) is 0 Å². The Labute approximate surface area is 64.7 Å². The molecule has 1 heteroatoms. The summed E-state index contributed by atoms with van der Waals surface area (Å²) in [7, 11) is 2.07. The maximum Gasteiger partial charge on any atom is -0.0126 e. The second kappa shape index (κ2) is 2.31. The lowest BCUT2D eigenvalue weighted by molar-refractivity contribution is 0.633. The third kappa shape index (κ3) is 0.852. The van der Waals surface area contributed by atoms with Crippen molar-refractivity contribution in [2.75, 3.05) is 0 Å². The molecule has 0 amide bonds. The van der Waals surface area contributed by atoms with Gasteiger partial charge in [0, 0.05) is 0 Å². The van der Waals surface area contributed by atoms with Gasteiger partial charge in [-0.15, -0.1) is 0 Å². The highest BCUT2D eigenvalue weighted by atomic mass is 28.1. The van der Waals surface area contributed by atoms with Gasteiger partial charge in [0.25, 0.3) is 0 Å². The van der Waals surface area contributed by atoms with E-state index in [2.05, 4.69) is 28.1 Å². The van der Waals surface area contributed by atoms with Crippen LogP contribution in [0.4, 0.5) is 0 Å². The van der Waals surface area contributed by atoms with Gasteiger partial charge < -0.3 is 0 Å². The molecule has 0 saturated heterocycles. The molecule has 0 nitrogen and oxygen atoms in total. The van der Waals surface area contributed by atoms with Gasteiger partial charge in [-0.1, -0.05) is 23.4 Å². The molecule has 2 aliphatic carbocycles. The van der Waals surface area contributed by atoms with Gasteiger partial charge in [-0.2, -0.15) is 0 Å². The molecule has 0 aromatic rings. The lowest BCUT2D eigenvalue weighted by atomic mass is 9.95. The van der Waals surface area contributed by atoms with Crippen LogP contribution in [0.15, 0.2) is 23.8 Å². The first kappa shape index (κ1) is 6.29. The summed E-state index contributed by atoms with van der Waals surface area (Å²) in [6.07, 6.45) is 10.8. The smallest absolute Gasteiger partial charge is 0.0126 e. The molecule has 0 bridgehead atoms. The van der Waals surface area contributed by atoms with Crippen LogP contribution in [0, 0.1) is 5.92 Å². The lowest BCUT2D eigenvalue weighted by Crippen LogP contribution is -2.02. The van der Waals surface area contributed by atoms with Gasteiger partial charge >= 0.3 is 0 Å². The van der Waals surface area contributed by atoms with Crippen molar-refractivity contribution >= 4 is 15.0 Å². The van der Waals surface area contributed by atoms with Crippen molar-refractivity contribution in [2.24, 2.45) is 5.92 Å². The van der Waals surface area contributed by atoms with Crippen LogP contribution < -0.4 is 0 Å². The zero-order chi connectivity index (χ0) is 6.97. The Balaban J connectivity index is 2.33. The van der Waals surface area contributed by atoms with Crippen LogP contribution in [0.5, 0.6) is 0 Å². The van der Waals surface area contributed by atoms with E-state index in [4.69, 9.17) is 0 Å². The second-order valence-electron chi connectivity index (χ2n) is 3.13. The highest BCUT2D eigenvalue weighted by Gasteiger charge is 2.23. The predicted molar refractivity (Wildman–Crippen MR) is 48.1 cm³/mol. The molecule has 0 radical (unpaired) electrons. The molecule has 0 aromatic carbocycles.